The van der Waals surface area contributed by atoms with Crippen LogP contribution < -0.4 is 18.9 Å². The second-order valence-electron chi connectivity index (χ2n) is 29.3. The number of thiophene rings is 2. The molecule has 0 unspecified atom stereocenters. The summed E-state index contributed by atoms with van der Waals surface area (Å²) in [5.41, 5.74) is 18.5. The average molecular weight is 1300 g/mol. The van der Waals surface area contributed by atoms with Crippen molar-refractivity contribution in [2.24, 2.45) is 0 Å². The van der Waals surface area contributed by atoms with Crippen molar-refractivity contribution in [1.82, 2.24) is 0 Å². The van der Waals surface area contributed by atoms with Crippen molar-refractivity contribution in [1.29, 1.82) is 0 Å². The maximum Gasteiger partial charge on any atom is 0.231 e. The normalized spacial score (nSPS) is 12.7. The maximum atomic E-state index is 5.85. The number of furan rings is 2. The first-order valence-corrected chi connectivity index (χ1v) is 36.5. The van der Waals surface area contributed by atoms with E-state index in [0.29, 0.717) is 91.0 Å². The van der Waals surface area contributed by atoms with Crippen LogP contribution in [-0.2, 0) is 0 Å². The maximum absolute atomic E-state index is 5.85. The fraction of sp³-hybridized carbons (Fsp3) is 0.482. The fourth-order valence-corrected chi connectivity index (χ4v) is 15.0. The van der Waals surface area contributed by atoms with Gasteiger partial charge >= 0.3 is 0 Å². The third kappa shape index (κ3) is 17.5. The summed E-state index contributed by atoms with van der Waals surface area (Å²) < 4.78 is 37.1. The molecule has 502 valence electrons. The van der Waals surface area contributed by atoms with E-state index in [1.165, 1.54) is 103 Å². The minimum atomic E-state index is 0.360. The van der Waals surface area contributed by atoms with Crippen LogP contribution in [0, 0.1) is 13.8 Å². The molecule has 2 aliphatic heterocycles. The topological polar surface area (TPSA) is 63.2 Å². The quantitative estimate of drug-likeness (QED) is 0.121. The van der Waals surface area contributed by atoms with E-state index < -0.39 is 0 Å². The van der Waals surface area contributed by atoms with Gasteiger partial charge < -0.3 is 27.8 Å². The molecule has 0 atom stereocenters. The van der Waals surface area contributed by atoms with Crippen LogP contribution in [0.25, 0.3) is 42.1 Å². The Labute approximate surface area is 569 Å². The largest absolute Gasteiger partial charge is 0.486 e. The zero-order chi connectivity index (χ0) is 68.4. The van der Waals surface area contributed by atoms with E-state index in [-0.39, 0.29) is 0 Å². The van der Waals surface area contributed by atoms with Crippen LogP contribution in [0.3, 0.4) is 0 Å². The molecular formula is C85H114O6S2. The van der Waals surface area contributed by atoms with Gasteiger partial charge in [0.2, 0.25) is 6.79 Å². The molecule has 93 heavy (non-hydrogen) atoms. The lowest BCUT2D eigenvalue weighted by Gasteiger charge is -2.26. The number of benzene rings is 6. The van der Waals surface area contributed by atoms with E-state index in [2.05, 4.69) is 276 Å². The van der Waals surface area contributed by atoms with Crippen LogP contribution in [0.4, 0.5) is 0 Å². The van der Waals surface area contributed by atoms with Gasteiger partial charge in [-0.15, -0.1) is 22.7 Å². The SMILES string of the molecule is CC(C)c1ccc(C(C)C)c2c1OCCO2.CC(C)c1ccc(C(C)C)c2c1OCO2.CC(C)c1ccc(C(C)C)c2occc12.CC(C)c1ccc(C(C)C)c2sccc12.Cc1cc2c(C(C)C)ccc(C(C)C)c2o1.Cc1cc2c(C(C)C)ccc(C(C)C)c2s1. The molecule has 2 aliphatic rings. The predicted octanol–water partition coefficient (Wildman–Crippen LogP) is 27.6. The molecular weight excluding hydrogens is 1180 g/mol. The Morgan fingerprint density at radius 1 is 0.301 bits per heavy atom. The van der Waals surface area contributed by atoms with Crippen LogP contribution in [0.2, 0.25) is 0 Å². The van der Waals surface area contributed by atoms with Crippen LogP contribution in [-0.4, -0.2) is 20.0 Å². The summed E-state index contributed by atoms with van der Waals surface area (Å²) in [6, 6.07) is 35.7. The van der Waals surface area contributed by atoms with E-state index in [1.54, 1.807) is 6.26 Å². The summed E-state index contributed by atoms with van der Waals surface area (Å²) in [5.74, 6) is 11.3. The van der Waals surface area contributed by atoms with Crippen LogP contribution >= 0.6 is 22.7 Å². The molecule has 6 aromatic carbocycles. The highest BCUT2D eigenvalue weighted by Crippen LogP contribution is 2.46. The van der Waals surface area contributed by atoms with Crippen molar-refractivity contribution < 1.29 is 27.8 Å². The monoisotopic (exact) mass is 1290 g/mol. The number of ether oxygens (including phenoxy) is 4. The first kappa shape index (κ1) is 73.9. The van der Waals surface area contributed by atoms with Gasteiger partial charge in [-0.3, -0.25) is 0 Å². The molecule has 6 nitrogen and oxygen atoms in total. The second kappa shape index (κ2) is 32.8. The lowest BCUT2D eigenvalue weighted by Crippen LogP contribution is -2.18. The Kier molecular flexibility index (Phi) is 26.1. The van der Waals surface area contributed by atoms with E-state index in [1.807, 2.05) is 29.6 Å². The predicted molar refractivity (Wildman–Crippen MR) is 405 cm³/mol. The van der Waals surface area contributed by atoms with Gasteiger partial charge in [-0.05, 0) is 170 Å². The molecule has 0 spiro atoms. The second-order valence-corrected chi connectivity index (χ2v) is 31.4. The fourth-order valence-electron chi connectivity index (χ4n) is 12.7. The van der Waals surface area contributed by atoms with E-state index in [0.717, 1.165) is 39.9 Å². The zero-order valence-electron chi connectivity index (χ0n) is 61.7. The minimum absolute atomic E-state index is 0.360. The summed E-state index contributed by atoms with van der Waals surface area (Å²) in [6.45, 7) is 59.2. The molecule has 4 aromatic heterocycles. The lowest BCUT2D eigenvalue weighted by atomic mass is 9.93. The number of hydrogen-bond acceptors (Lipinski definition) is 8. The van der Waals surface area contributed by atoms with Gasteiger partial charge in [0.15, 0.2) is 23.0 Å². The molecule has 6 heterocycles. The Morgan fingerprint density at radius 3 is 1.05 bits per heavy atom. The van der Waals surface area contributed by atoms with Gasteiger partial charge in [0.1, 0.15) is 30.1 Å². The van der Waals surface area contributed by atoms with Crippen molar-refractivity contribution in [3.05, 3.63) is 186 Å². The first-order chi connectivity index (χ1) is 43.9. The third-order valence-corrected chi connectivity index (χ3v) is 20.0. The Bertz CT molecular complexity index is 3600. The van der Waals surface area contributed by atoms with Crippen LogP contribution in [0.1, 0.15) is 315 Å². The number of aryl methyl sites for hydroxylation is 2. The van der Waals surface area contributed by atoms with E-state index in [9.17, 15) is 0 Å². The molecule has 0 amide bonds. The van der Waals surface area contributed by atoms with Crippen molar-refractivity contribution >= 4 is 64.8 Å². The van der Waals surface area contributed by atoms with Crippen molar-refractivity contribution in [2.75, 3.05) is 20.0 Å². The van der Waals surface area contributed by atoms with Crippen LogP contribution in [0.15, 0.2) is 118 Å². The van der Waals surface area contributed by atoms with Gasteiger partial charge in [-0.2, -0.15) is 0 Å². The smallest absolute Gasteiger partial charge is 0.231 e. The molecule has 0 N–H and O–H groups in total. The molecule has 8 heteroatoms. The molecule has 0 saturated carbocycles. The average Bonchev–Trinajstić information content (AvgIpc) is 1.82. The standard InChI is InChI=1S/C15H20O.C15H20S.C14H20O2.C14H18O.C14H18S.C13H18O2/c2*1-9(2)12-6-7-13(10(3)4)15-14(12)8-11(5)16-15;1-9(2)11-5-6-12(10(3)4)14-13(11)15-7-8-16-14;2*1-9(2)11-5-6-12(10(3)4)14-13(11)7-8-15-14;1-8(2)10-5-6-11(9(3)4)13-12(10)14-7-15-13/h2*6-10H,1-5H3;5-6,9-10H,7-8H2,1-4H3;2*5-10H,1-4H3;5-6,8-9H,7H2,1-4H3. The van der Waals surface area contributed by atoms with Gasteiger partial charge in [-0.25, -0.2) is 0 Å². The molecule has 0 saturated heterocycles. The highest BCUT2D eigenvalue weighted by Gasteiger charge is 2.26. The number of hydrogen-bond donors (Lipinski definition) is 0. The van der Waals surface area contributed by atoms with Crippen LogP contribution in [0.5, 0.6) is 23.0 Å². The molecule has 0 fully saturated rings. The van der Waals surface area contributed by atoms with Gasteiger partial charge in [0.05, 0.1) is 6.26 Å². The summed E-state index contributed by atoms with van der Waals surface area (Å²) in [5, 5.41) is 7.71. The summed E-state index contributed by atoms with van der Waals surface area (Å²) in [7, 11) is 0. The molecule has 0 radical (unpaired) electrons. The molecule has 12 rings (SSSR count). The first-order valence-electron chi connectivity index (χ1n) is 34.9. The molecule has 0 bridgehead atoms. The Balaban J connectivity index is 0.000000158. The van der Waals surface area contributed by atoms with Gasteiger partial charge in [0, 0.05) is 47.3 Å². The number of fused-ring (bicyclic) bond motifs is 6. The van der Waals surface area contributed by atoms with Crippen molar-refractivity contribution in [3.8, 4) is 23.0 Å². The highest BCUT2D eigenvalue weighted by atomic mass is 32.1. The lowest BCUT2D eigenvalue weighted by molar-refractivity contribution is 0.167. The highest BCUT2D eigenvalue weighted by molar-refractivity contribution is 7.19. The summed E-state index contributed by atoms with van der Waals surface area (Å²) >= 11 is 3.81. The molecule has 10 aromatic rings. The van der Waals surface area contributed by atoms with Gasteiger partial charge in [-0.1, -0.05) is 239 Å². The Morgan fingerprint density at radius 2 is 0.634 bits per heavy atom. The summed E-state index contributed by atoms with van der Waals surface area (Å²) in [6.07, 6.45) is 1.79. The summed E-state index contributed by atoms with van der Waals surface area (Å²) in [4.78, 5) is 1.42. The third-order valence-electron chi connectivity index (χ3n) is 17.9. The number of rotatable bonds is 12. The molecule has 0 aliphatic carbocycles. The van der Waals surface area contributed by atoms with E-state index >= 15 is 0 Å². The Hall–Kier alpha value is -6.48. The van der Waals surface area contributed by atoms with Crippen molar-refractivity contribution in [2.45, 2.75) is 251 Å². The van der Waals surface area contributed by atoms with E-state index in [4.69, 9.17) is 27.8 Å². The van der Waals surface area contributed by atoms with Gasteiger partial charge in [0.25, 0.3) is 0 Å². The van der Waals surface area contributed by atoms with Crippen molar-refractivity contribution in [3.63, 3.8) is 0 Å². The zero-order valence-corrected chi connectivity index (χ0v) is 63.3. The minimum Gasteiger partial charge on any atom is -0.486 e.